The van der Waals surface area contributed by atoms with E-state index in [-0.39, 0.29) is 11.8 Å². The number of amides is 1. The zero-order chi connectivity index (χ0) is 18.2. The molecule has 1 amide bonds. The van der Waals surface area contributed by atoms with Crippen LogP contribution in [-0.4, -0.2) is 34.0 Å². The fourth-order valence-corrected chi connectivity index (χ4v) is 3.49. The predicted octanol–water partition coefficient (Wildman–Crippen LogP) is 4.13. The lowest BCUT2D eigenvalue weighted by Crippen LogP contribution is -2.48. The van der Waals surface area contributed by atoms with Crippen molar-refractivity contribution in [1.82, 2.24) is 15.0 Å². The van der Waals surface area contributed by atoms with Gasteiger partial charge in [-0.15, -0.1) is 0 Å². The van der Waals surface area contributed by atoms with Crippen molar-refractivity contribution in [1.29, 1.82) is 0 Å². The first-order chi connectivity index (χ1) is 13.3. The van der Waals surface area contributed by atoms with Crippen LogP contribution < -0.4 is 0 Å². The van der Waals surface area contributed by atoms with Gasteiger partial charge in [-0.2, -0.15) is 4.98 Å². The molecule has 3 aromatic carbocycles. The highest BCUT2D eigenvalue weighted by atomic mass is 16.5. The fraction of sp³-hybridized carbons (Fsp3) is 0.136. The Morgan fingerprint density at radius 2 is 1.67 bits per heavy atom. The van der Waals surface area contributed by atoms with Crippen LogP contribution >= 0.6 is 0 Å². The number of carbonyl (C=O) groups excluding carboxylic acids is 1. The van der Waals surface area contributed by atoms with Crippen LogP contribution in [0.1, 0.15) is 22.2 Å². The van der Waals surface area contributed by atoms with E-state index in [1.165, 1.54) is 0 Å². The van der Waals surface area contributed by atoms with Gasteiger partial charge in [0, 0.05) is 24.2 Å². The molecule has 0 atom stereocenters. The summed E-state index contributed by atoms with van der Waals surface area (Å²) in [6.07, 6.45) is 0. The lowest BCUT2D eigenvalue weighted by Gasteiger charge is -2.37. The SMILES string of the molecule is O=C(c1cccc2ccccc12)N1CC(c2nc(-c3ccccc3)no2)C1. The second-order valence-electron chi connectivity index (χ2n) is 6.76. The van der Waals surface area contributed by atoms with Crippen molar-refractivity contribution < 1.29 is 9.32 Å². The Kier molecular flexibility index (Phi) is 3.71. The van der Waals surface area contributed by atoms with Crippen molar-refractivity contribution >= 4 is 16.7 Å². The van der Waals surface area contributed by atoms with Crippen molar-refractivity contribution in [2.24, 2.45) is 0 Å². The zero-order valence-corrected chi connectivity index (χ0v) is 14.6. The molecule has 0 N–H and O–H groups in total. The highest BCUT2D eigenvalue weighted by molar-refractivity contribution is 6.07. The molecule has 0 unspecified atom stereocenters. The summed E-state index contributed by atoms with van der Waals surface area (Å²) >= 11 is 0. The lowest BCUT2D eigenvalue weighted by atomic mass is 9.97. The monoisotopic (exact) mass is 355 g/mol. The average Bonchev–Trinajstić information content (AvgIpc) is 3.16. The summed E-state index contributed by atoms with van der Waals surface area (Å²) in [6.45, 7) is 1.19. The third-order valence-corrected chi connectivity index (χ3v) is 5.01. The maximum Gasteiger partial charge on any atom is 0.254 e. The number of rotatable bonds is 3. The highest BCUT2D eigenvalue weighted by Gasteiger charge is 2.36. The van der Waals surface area contributed by atoms with Crippen LogP contribution in [0.15, 0.2) is 77.3 Å². The summed E-state index contributed by atoms with van der Waals surface area (Å²) in [7, 11) is 0. The Bertz CT molecular complexity index is 1110. The Morgan fingerprint density at radius 1 is 0.926 bits per heavy atom. The van der Waals surface area contributed by atoms with E-state index in [1.54, 1.807) is 0 Å². The molecule has 0 saturated carbocycles. The molecule has 1 saturated heterocycles. The molecule has 0 spiro atoms. The molecule has 2 heterocycles. The van der Waals surface area contributed by atoms with E-state index < -0.39 is 0 Å². The third-order valence-electron chi connectivity index (χ3n) is 5.01. The second-order valence-corrected chi connectivity index (χ2v) is 6.76. The van der Waals surface area contributed by atoms with E-state index >= 15 is 0 Å². The number of nitrogens with zero attached hydrogens (tertiary/aromatic N) is 3. The predicted molar refractivity (Wildman–Crippen MR) is 102 cm³/mol. The molecule has 4 aromatic rings. The van der Waals surface area contributed by atoms with Gasteiger partial charge in [0.25, 0.3) is 5.91 Å². The molecule has 5 nitrogen and oxygen atoms in total. The number of carbonyl (C=O) groups is 1. The average molecular weight is 355 g/mol. The molecule has 0 radical (unpaired) electrons. The first-order valence-electron chi connectivity index (χ1n) is 8.95. The highest BCUT2D eigenvalue weighted by Crippen LogP contribution is 2.30. The Labute approximate surface area is 156 Å². The molecule has 1 aromatic heterocycles. The van der Waals surface area contributed by atoms with E-state index in [1.807, 2.05) is 77.7 Å². The quantitative estimate of drug-likeness (QED) is 0.554. The van der Waals surface area contributed by atoms with Gasteiger partial charge in [-0.1, -0.05) is 71.9 Å². The second kappa shape index (κ2) is 6.36. The van der Waals surface area contributed by atoms with Gasteiger partial charge in [0.1, 0.15) is 0 Å². The molecular formula is C22H17N3O2. The van der Waals surface area contributed by atoms with Crippen LogP contribution in [0, 0.1) is 0 Å². The summed E-state index contributed by atoms with van der Waals surface area (Å²) in [5.74, 6) is 1.32. The molecule has 1 aliphatic rings. The minimum Gasteiger partial charge on any atom is -0.339 e. The Balaban J connectivity index is 1.32. The van der Waals surface area contributed by atoms with Crippen molar-refractivity contribution in [3.8, 4) is 11.4 Å². The zero-order valence-electron chi connectivity index (χ0n) is 14.6. The number of likely N-dealkylation sites (tertiary alicyclic amines) is 1. The number of hydrogen-bond donors (Lipinski definition) is 0. The number of hydrogen-bond acceptors (Lipinski definition) is 4. The molecular weight excluding hydrogens is 338 g/mol. The summed E-state index contributed by atoms with van der Waals surface area (Å²) in [4.78, 5) is 19.2. The summed E-state index contributed by atoms with van der Waals surface area (Å²) < 4.78 is 5.43. The van der Waals surface area contributed by atoms with Crippen LogP contribution in [-0.2, 0) is 0 Å². The minimum absolute atomic E-state index is 0.0471. The molecule has 5 rings (SSSR count). The van der Waals surface area contributed by atoms with Crippen molar-refractivity contribution in [2.45, 2.75) is 5.92 Å². The van der Waals surface area contributed by atoms with E-state index in [4.69, 9.17) is 4.52 Å². The number of fused-ring (bicyclic) bond motifs is 1. The smallest absolute Gasteiger partial charge is 0.254 e. The first kappa shape index (κ1) is 15.8. The minimum atomic E-state index is 0.0471. The van der Waals surface area contributed by atoms with Crippen LogP contribution in [0.2, 0.25) is 0 Å². The molecule has 1 fully saturated rings. The lowest BCUT2D eigenvalue weighted by molar-refractivity contribution is 0.0571. The van der Waals surface area contributed by atoms with Gasteiger partial charge in [-0.3, -0.25) is 4.79 Å². The van der Waals surface area contributed by atoms with Gasteiger partial charge in [0.15, 0.2) is 0 Å². The van der Waals surface area contributed by atoms with Crippen LogP contribution in [0.3, 0.4) is 0 Å². The van der Waals surface area contributed by atoms with Gasteiger partial charge in [-0.25, -0.2) is 0 Å². The van der Waals surface area contributed by atoms with Gasteiger partial charge in [0.05, 0.1) is 5.92 Å². The van der Waals surface area contributed by atoms with Gasteiger partial charge >= 0.3 is 0 Å². The van der Waals surface area contributed by atoms with E-state index in [2.05, 4.69) is 10.1 Å². The number of aromatic nitrogens is 2. The standard InChI is InChI=1S/C22H17N3O2/c26-22(19-12-6-10-15-7-4-5-11-18(15)19)25-13-17(14-25)21-23-20(24-27-21)16-8-2-1-3-9-16/h1-12,17H,13-14H2. The van der Waals surface area contributed by atoms with Crippen molar-refractivity contribution in [2.75, 3.05) is 13.1 Å². The van der Waals surface area contributed by atoms with Gasteiger partial charge in [-0.05, 0) is 16.8 Å². The Hall–Kier alpha value is -3.47. The summed E-state index contributed by atoms with van der Waals surface area (Å²) in [5.41, 5.74) is 1.66. The largest absolute Gasteiger partial charge is 0.339 e. The molecule has 27 heavy (non-hydrogen) atoms. The maximum absolute atomic E-state index is 12.9. The first-order valence-corrected chi connectivity index (χ1v) is 8.95. The molecule has 1 aliphatic heterocycles. The summed E-state index contributed by atoms with van der Waals surface area (Å²) in [6, 6.07) is 23.5. The van der Waals surface area contributed by atoms with Crippen LogP contribution in [0.25, 0.3) is 22.2 Å². The van der Waals surface area contributed by atoms with Crippen LogP contribution in [0.4, 0.5) is 0 Å². The Morgan fingerprint density at radius 3 is 2.52 bits per heavy atom. The summed E-state index contributed by atoms with van der Waals surface area (Å²) in [5, 5.41) is 6.13. The van der Waals surface area contributed by atoms with Crippen molar-refractivity contribution in [3.63, 3.8) is 0 Å². The third kappa shape index (κ3) is 2.77. The van der Waals surface area contributed by atoms with Gasteiger partial charge < -0.3 is 9.42 Å². The molecule has 0 aliphatic carbocycles. The van der Waals surface area contributed by atoms with E-state index in [9.17, 15) is 4.79 Å². The molecule has 5 heteroatoms. The normalized spacial score (nSPS) is 14.3. The topological polar surface area (TPSA) is 59.2 Å². The van der Waals surface area contributed by atoms with E-state index in [0.717, 1.165) is 21.9 Å². The van der Waals surface area contributed by atoms with Crippen molar-refractivity contribution in [3.05, 3.63) is 84.3 Å². The fourth-order valence-electron chi connectivity index (χ4n) is 3.49. The van der Waals surface area contributed by atoms with Crippen LogP contribution in [0.5, 0.6) is 0 Å². The van der Waals surface area contributed by atoms with E-state index in [0.29, 0.717) is 24.8 Å². The molecule has 0 bridgehead atoms. The maximum atomic E-state index is 12.9. The number of benzene rings is 3. The van der Waals surface area contributed by atoms with Gasteiger partial charge in [0.2, 0.25) is 11.7 Å². The molecule has 132 valence electrons.